The Morgan fingerprint density at radius 1 is 1.43 bits per heavy atom. The lowest BCUT2D eigenvalue weighted by Gasteiger charge is -1.98. The van der Waals surface area contributed by atoms with Crippen LogP contribution in [0.15, 0.2) is 24.4 Å². The first-order valence-electron chi connectivity index (χ1n) is 4.39. The van der Waals surface area contributed by atoms with Crippen LogP contribution in [0.3, 0.4) is 0 Å². The minimum atomic E-state index is -3.82. The van der Waals surface area contributed by atoms with Crippen molar-refractivity contribution in [3.05, 3.63) is 30.1 Å². The van der Waals surface area contributed by atoms with Crippen LogP contribution >= 0.6 is 0 Å². The maximum Gasteiger partial charge on any atom is 0.265 e. The summed E-state index contributed by atoms with van der Waals surface area (Å²) < 4.78 is 31.4. The Balaban J connectivity index is 2.51. The van der Waals surface area contributed by atoms with Gasteiger partial charge >= 0.3 is 0 Å². The monoisotopic (exact) mass is 216 g/mol. The quantitative estimate of drug-likeness (QED) is 0.591. The lowest BCUT2D eigenvalue weighted by Crippen LogP contribution is -2.37. The van der Waals surface area contributed by atoms with Crippen molar-refractivity contribution in [3.8, 4) is 0 Å². The summed E-state index contributed by atoms with van der Waals surface area (Å²) in [6, 6.07) is 5.77. The zero-order chi connectivity index (χ0) is 10.6. The molecule has 5 heteroatoms. The van der Waals surface area contributed by atoms with Crippen LogP contribution in [0.4, 0.5) is 0 Å². The number of rotatable bonds is 4. The lowest BCUT2D eigenvalue weighted by molar-refractivity contribution is -0.702. The smallest absolute Gasteiger partial charge is 0.265 e. The molecule has 0 saturated heterocycles. The van der Waals surface area contributed by atoms with Gasteiger partial charge in [0.1, 0.15) is 6.54 Å². The third-order valence-electron chi connectivity index (χ3n) is 1.97. The van der Waals surface area contributed by atoms with Crippen molar-refractivity contribution in [3.63, 3.8) is 0 Å². The summed E-state index contributed by atoms with van der Waals surface area (Å²) in [5.74, 6) is -0.186. The number of aromatic nitrogens is 1. The molecular formula is C9H14NO3S+. The fourth-order valence-corrected chi connectivity index (χ4v) is 1.72. The third-order valence-corrected chi connectivity index (χ3v) is 2.77. The third kappa shape index (κ3) is 3.85. The average molecular weight is 216 g/mol. The Morgan fingerprint density at radius 3 is 2.71 bits per heavy atom. The number of hydrogen-bond acceptors (Lipinski definition) is 2. The van der Waals surface area contributed by atoms with Crippen LogP contribution in [-0.2, 0) is 16.7 Å². The van der Waals surface area contributed by atoms with Crippen LogP contribution in [0.2, 0.25) is 0 Å². The minimum Gasteiger partial charge on any atom is -0.286 e. The first-order valence-corrected chi connectivity index (χ1v) is 6.00. The van der Waals surface area contributed by atoms with E-state index in [1.807, 2.05) is 35.9 Å². The Morgan fingerprint density at radius 2 is 2.14 bits per heavy atom. The van der Waals surface area contributed by atoms with E-state index in [2.05, 4.69) is 0 Å². The molecule has 0 atom stereocenters. The standard InChI is InChI=1S/C9H13NO3S/c1-9-5-2-3-6-10(9)7-4-8-14(11,12)13/h2-3,5-6H,4,7-8H2,1H3/p+1. The molecule has 1 aromatic heterocycles. The molecule has 0 fully saturated rings. The SMILES string of the molecule is Cc1cccc[n+]1CCCS(=O)(=O)O. The predicted octanol–water partition coefficient (Wildman–Crippen LogP) is 0.560. The Hall–Kier alpha value is -0.940. The van der Waals surface area contributed by atoms with Gasteiger partial charge in [-0.3, -0.25) is 4.55 Å². The highest BCUT2D eigenvalue weighted by atomic mass is 32.2. The molecule has 0 amide bonds. The highest BCUT2D eigenvalue weighted by molar-refractivity contribution is 7.85. The maximum atomic E-state index is 10.5. The van der Waals surface area contributed by atoms with E-state index >= 15 is 0 Å². The van der Waals surface area contributed by atoms with Crippen molar-refractivity contribution in [2.75, 3.05) is 5.75 Å². The summed E-state index contributed by atoms with van der Waals surface area (Å²) in [4.78, 5) is 0. The molecule has 0 saturated carbocycles. The molecule has 1 rings (SSSR count). The van der Waals surface area contributed by atoms with E-state index < -0.39 is 10.1 Å². The number of aryl methyl sites for hydroxylation is 2. The predicted molar refractivity (Wildman–Crippen MR) is 52.4 cm³/mol. The van der Waals surface area contributed by atoms with Gasteiger partial charge in [0.15, 0.2) is 11.9 Å². The largest absolute Gasteiger partial charge is 0.286 e. The van der Waals surface area contributed by atoms with E-state index in [1.54, 1.807) is 0 Å². The molecule has 14 heavy (non-hydrogen) atoms. The zero-order valence-corrected chi connectivity index (χ0v) is 8.87. The second-order valence-corrected chi connectivity index (χ2v) is 4.75. The van der Waals surface area contributed by atoms with Crippen molar-refractivity contribution in [1.82, 2.24) is 0 Å². The Bertz CT molecular complexity index is 400. The topological polar surface area (TPSA) is 58.2 Å². The molecule has 0 aliphatic carbocycles. The number of pyridine rings is 1. The highest BCUT2D eigenvalue weighted by Gasteiger charge is 2.08. The van der Waals surface area contributed by atoms with Gasteiger partial charge in [0, 0.05) is 25.5 Å². The van der Waals surface area contributed by atoms with Gasteiger partial charge in [0.25, 0.3) is 10.1 Å². The van der Waals surface area contributed by atoms with E-state index in [0.29, 0.717) is 13.0 Å². The van der Waals surface area contributed by atoms with Crippen molar-refractivity contribution >= 4 is 10.1 Å². The molecular weight excluding hydrogens is 202 g/mol. The van der Waals surface area contributed by atoms with Gasteiger partial charge < -0.3 is 0 Å². The molecule has 1 aromatic rings. The molecule has 0 spiro atoms. The molecule has 0 aliphatic rings. The second kappa shape index (κ2) is 4.52. The van der Waals surface area contributed by atoms with Crippen molar-refractivity contribution in [1.29, 1.82) is 0 Å². The average Bonchev–Trinajstić information content (AvgIpc) is 2.06. The fraction of sp³-hybridized carbons (Fsp3) is 0.444. The van der Waals surface area contributed by atoms with Crippen LogP contribution in [0.1, 0.15) is 12.1 Å². The van der Waals surface area contributed by atoms with E-state index in [9.17, 15) is 8.42 Å². The highest BCUT2D eigenvalue weighted by Crippen LogP contribution is 1.92. The minimum absolute atomic E-state index is 0.186. The zero-order valence-electron chi connectivity index (χ0n) is 8.05. The molecule has 0 aliphatic heterocycles. The summed E-state index contributed by atoms with van der Waals surface area (Å²) >= 11 is 0. The summed E-state index contributed by atoms with van der Waals surface area (Å²) in [6.45, 7) is 2.56. The van der Waals surface area contributed by atoms with Crippen LogP contribution in [0.25, 0.3) is 0 Å². The van der Waals surface area contributed by atoms with E-state index in [4.69, 9.17) is 4.55 Å². The number of nitrogens with zero attached hydrogens (tertiary/aromatic N) is 1. The van der Waals surface area contributed by atoms with Crippen LogP contribution in [-0.4, -0.2) is 18.7 Å². The fourth-order valence-electron chi connectivity index (χ4n) is 1.23. The van der Waals surface area contributed by atoms with E-state index in [1.165, 1.54) is 0 Å². The normalized spacial score (nSPS) is 11.6. The molecule has 4 nitrogen and oxygen atoms in total. The number of hydrogen-bond donors (Lipinski definition) is 1. The van der Waals surface area contributed by atoms with Gasteiger partial charge in [0.05, 0.1) is 5.75 Å². The molecule has 0 unspecified atom stereocenters. The van der Waals surface area contributed by atoms with Crippen molar-refractivity contribution in [2.45, 2.75) is 19.9 Å². The van der Waals surface area contributed by atoms with Gasteiger partial charge in [-0.05, 0) is 0 Å². The Kier molecular flexibility index (Phi) is 3.60. The molecule has 78 valence electrons. The first-order chi connectivity index (χ1) is 6.49. The molecule has 1 N–H and O–H groups in total. The van der Waals surface area contributed by atoms with Gasteiger partial charge in [-0.2, -0.15) is 8.42 Å². The van der Waals surface area contributed by atoms with Crippen LogP contribution in [0.5, 0.6) is 0 Å². The van der Waals surface area contributed by atoms with Gasteiger partial charge in [-0.1, -0.05) is 6.07 Å². The van der Waals surface area contributed by atoms with E-state index in [-0.39, 0.29) is 5.75 Å². The van der Waals surface area contributed by atoms with Crippen molar-refractivity contribution in [2.24, 2.45) is 0 Å². The maximum absolute atomic E-state index is 10.5. The second-order valence-electron chi connectivity index (χ2n) is 3.18. The molecule has 0 radical (unpaired) electrons. The molecule has 0 aromatic carbocycles. The van der Waals surface area contributed by atoms with Crippen LogP contribution < -0.4 is 4.57 Å². The van der Waals surface area contributed by atoms with Gasteiger partial charge in [0.2, 0.25) is 0 Å². The summed E-state index contributed by atoms with van der Waals surface area (Å²) in [6.07, 6.45) is 2.31. The summed E-state index contributed by atoms with van der Waals surface area (Å²) in [5, 5.41) is 0. The van der Waals surface area contributed by atoms with Crippen LogP contribution in [0, 0.1) is 6.92 Å². The summed E-state index contributed by atoms with van der Waals surface area (Å²) in [7, 11) is -3.82. The summed E-state index contributed by atoms with van der Waals surface area (Å²) in [5.41, 5.74) is 1.07. The van der Waals surface area contributed by atoms with Gasteiger partial charge in [-0.25, -0.2) is 4.57 Å². The van der Waals surface area contributed by atoms with Crippen molar-refractivity contribution < 1.29 is 17.5 Å². The lowest BCUT2D eigenvalue weighted by atomic mass is 10.3. The van der Waals surface area contributed by atoms with Gasteiger partial charge in [-0.15, -0.1) is 0 Å². The molecule has 0 bridgehead atoms. The first kappa shape index (κ1) is 11.1. The van der Waals surface area contributed by atoms with E-state index in [0.717, 1.165) is 5.69 Å². The molecule has 1 heterocycles. The Labute approximate surface area is 83.9 Å².